The second-order valence-electron chi connectivity index (χ2n) is 13.2. The van der Waals surface area contributed by atoms with E-state index in [-0.39, 0.29) is 5.41 Å². The first-order valence-corrected chi connectivity index (χ1v) is 17.3. The Labute approximate surface area is 287 Å². The minimum Gasteiger partial charge on any atom is -0.456 e. The van der Waals surface area contributed by atoms with Crippen LogP contribution in [-0.2, 0) is 5.41 Å². The summed E-state index contributed by atoms with van der Waals surface area (Å²) in [6.45, 7) is 4.60. The molecule has 0 spiro atoms. The van der Waals surface area contributed by atoms with Crippen LogP contribution >= 0.6 is 11.3 Å². The number of thiophene rings is 1. The molecule has 0 fully saturated rings. The average molecular weight is 648 g/mol. The zero-order chi connectivity index (χ0) is 32.7. The van der Waals surface area contributed by atoms with E-state index in [1.165, 1.54) is 42.8 Å². The fourth-order valence-corrected chi connectivity index (χ4v) is 8.54. The highest BCUT2D eigenvalue weighted by Crippen LogP contribution is 2.51. The van der Waals surface area contributed by atoms with Crippen molar-refractivity contribution in [3.8, 4) is 55.7 Å². The molecule has 232 valence electrons. The number of aromatic nitrogens is 3. The molecule has 3 aromatic heterocycles. The van der Waals surface area contributed by atoms with Gasteiger partial charge in [-0.05, 0) is 63.5 Å². The van der Waals surface area contributed by atoms with Crippen LogP contribution in [0.3, 0.4) is 0 Å². The van der Waals surface area contributed by atoms with Gasteiger partial charge >= 0.3 is 0 Å². The molecule has 0 bridgehead atoms. The second-order valence-corrected chi connectivity index (χ2v) is 14.3. The third kappa shape index (κ3) is 4.39. The van der Waals surface area contributed by atoms with Gasteiger partial charge < -0.3 is 4.42 Å². The maximum Gasteiger partial charge on any atom is 0.164 e. The Hall–Kier alpha value is -5.91. The van der Waals surface area contributed by atoms with Crippen LogP contribution in [-0.4, -0.2) is 15.0 Å². The number of benzene rings is 6. The molecule has 0 amide bonds. The van der Waals surface area contributed by atoms with Gasteiger partial charge in [-0.15, -0.1) is 11.3 Å². The number of hydrogen-bond donors (Lipinski definition) is 0. The number of furan rings is 1. The van der Waals surface area contributed by atoms with Gasteiger partial charge in [0.25, 0.3) is 0 Å². The molecule has 6 aromatic carbocycles. The topological polar surface area (TPSA) is 51.8 Å². The first-order valence-electron chi connectivity index (χ1n) is 16.5. The lowest BCUT2D eigenvalue weighted by atomic mass is 9.82. The monoisotopic (exact) mass is 647 g/mol. The van der Waals surface area contributed by atoms with Crippen molar-refractivity contribution in [2.24, 2.45) is 0 Å². The first kappa shape index (κ1) is 28.1. The zero-order valence-corrected chi connectivity index (χ0v) is 27.8. The minimum absolute atomic E-state index is 0.130. The molecule has 0 atom stereocenters. The van der Waals surface area contributed by atoms with Crippen molar-refractivity contribution in [2.45, 2.75) is 19.3 Å². The Morgan fingerprint density at radius 1 is 0.510 bits per heavy atom. The molecular formula is C44H29N3OS. The summed E-state index contributed by atoms with van der Waals surface area (Å²) < 4.78 is 7.56. The molecule has 0 N–H and O–H groups in total. The fraction of sp³-hybridized carbons (Fsp3) is 0.0682. The van der Waals surface area contributed by atoms with Gasteiger partial charge in [-0.25, -0.2) is 15.0 Å². The van der Waals surface area contributed by atoms with Gasteiger partial charge in [0.05, 0.1) is 0 Å². The van der Waals surface area contributed by atoms with E-state index in [0.29, 0.717) is 17.5 Å². The summed E-state index contributed by atoms with van der Waals surface area (Å²) in [6, 6.07) is 49.0. The van der Waals surface area contributed by atoms with E-state index >= 15 is 0 Å². The quantitative estimate of drug-likeness (QED) is 0.191. The van der Waals surface area contributed by atoms with E-state index in [0.717, 1.165) is 38.6 Å². The van der Waals surface area contributed by atoms with E-state index in [1.54, 1.807) is 0 Å². The van der Waals surface area contributed by atoms with Crippen LogP contribution in [0, 0.1) is 0 Å². The van der Waals surface area contributed by atoms with E-state index in [4.69, 9.17) is 19.4 Å². The maximum atomic E-state index is 6.27. The third-order valence-corrected chi connectivity index (χ3v) is 11.1. The highest BCUT2D eigenvalue weighted by Gasteiger charge is 2.37. The number of fused-ring (bicyclic) bond motifs is 7. The van der Waals surface area contributed by atoms with Crippen LogP contribution in [0.4, 0.5) is 0 Å². The molecule has 10 rings (SSSR count). The molecule has 9 aromatic rings. The molecule has 4 nitrogen and oxygen atoms in total. The number of nitrogens with zero attached hydrogens (tertiary/aromatic N) is 3. The standard InChI is InChI=1S/C44H29N3OS/c1-44(2)34-14-6-4-12-32(34)40-33(13-9-15-35(40)44)43-46-41(27-20-18-26(19-21-27)39-25-28-10-3-8-17-38(28)49-39)45-42(47-43)29-22-23-31-30-11-5-7-16-36(30)48-37(31)24-29/h3-25H,1-2H3. The predicted molar refractivity (Wildman–Crippen MR) is 202 cm³/mol. The number of para-hydroxylation sites is 1. The molecular weight excluding hydrogens is 619 g/mol. The Morgan fingerprint density at radius 3 is 2.04 bits per heavy atom. The summed E-state index contributed by atoms with van der Waals surface area (Å²) in [6.07, 6.45) is 0. The first-order chi connectivity index (χ1) is 24.0. The van der Waals surface area contributed by atoms with Crippen molar-refractivity contribution in [3.63, 3.8) is 0 Å². The highest BCUT2D eigenvalue weighted by molar-refractivity contribution is 7.22. The summed E-state index contributed by atoms with van der Waals surface area (Å²) in [5.74, 6) is 1.90. The minimum atomic E-state index is -0.130. The Bertz CT molecular complexity index is 2720. The molecule has 1 aliphatic rings. The van der Waals surface area contributed by atoms with Crippen LogP contribution in [0.2, 0.25) is 0 Å². The molecule has 1 aliphatic carbocycles. The van der Waals surface area contributed by atoms with Crippen LogP contribution in [0.5, 0.6) is 0 Å². The zero-order valence-electron chi connectivity index (χ0n) is 26.9. The lowest BCUT2D eigenvalue weighted by Gasteiger charge is -2.21. The van der Waals surface area contributed by atoms with Gasteiger partial charge in [0.15, 0.2) is 17.5 Å². The molecule has 0 radical (unpaired) electrons. The van der Waals surface area contributed by atoms with E-state index in [2.05, 4.69) is 135 Å². The summed E-state index contributed by atoms with van der Waals surface area (Å²) in [7, 11) is 0. The lowest BCUT2D eigenvalue weighted by molar-refractivity contribution is 0.660. The normalized spacial score (nSPS) is 13.3. The van der Waals surface area contributed by atoms with Gasteiger partial charge in [-0.2, -0.15) is 0 Å². The molecule has 5 heteroatoms. The van der Waals surface area contributed by atoms with Gasteiger partial charge in [0, 0.05) is 42.5 Å². The van der Waals surface area contributed by atoms with Crippen molar-refractivity contribution < 1.29 is 4.42 Å². The van der Waals surface area contributed by atoms with Crippen LogP contribution < -0.4 is 0 Å². The van der Waals surface area contributed by atoms with Crippen molar-refractivity contribution in [1.82, 2.24) is 15.0 Å². The summed E-state index contributed by atoms with van der Waals surface area (Å²) in [4.78, 5) is 16.7. The predicted octanol–water partition coefficient (Wildman–Crippen LogP) is 12.0. The van der Waals surface area contributed by atoms with Crippen LogP contribution in [0.15, 0.2) is 144 Å². The molecule has 3 heterocycles. The van der Waals surface area contributed by atoms with Gasteiger partial charge in [-0.3, -0.25) is 0 Å². The molecule has 49 heavy (non-hydrogen) atoms. The fourth-order valence-electron chi connectivity index (χ4n) is 7.47. The maximum absolute atomic E-state index is 6.27. The Morgan fingerprint density at radius 2 is 1.16 bits per heavy atom. The Kier molecular flexibility index (Phi) is 6.05. The summed E-state index contributed by atoms with van der Waals surface area (Å²) in [5.41, 5.74) is 10.6. The third-order valence-electron chi connectivity index (χ3n) is 9.97. The van der Waals surface area contributed by atoms with Gasteiger partial charge in [0.1, 0.15) is 11.2 Å². The lowest BCUT2D eigenvalue weighted by Crippen LogP contribution is -2.14. The SMILES string of the molecule is CC1(C)c2ccccc2-c2c(-c3nc(-c4ccc(-c5cc6ccccc6s5)cc4)nc(-c4ccc5c(c4)oc4ccccc45)n3)cccc21. The summed E-state index contributed by atoms with van der Waals surface area (Å²) in [5, 5.41) is 3.44. The van der Waals surface area contributed by atoms with Crippen LogP contribution in [0.25, 0.3) is 87.8 Å². The van der Waals surface area contributed by atoms with Crippen molar-refractivity contribution >= 4 is 43.4 Å². The van der Waals surface area contributed by atoms with E-state index in [9.17, 15) is 0 Å². The van der Waals surface area contributed by atoms with Gasteiger partial charge in [-0.1, -0.05) is 123 Å². The molecule has 0 saturated heterocycles. The van der Waals surface area contributed by atoms with Crippen molar-refractivity contribution in [2.75, 3.05) is 0 Å². The van der Waals surface area contributed by atoms with E-state index < -0.39 is 0 Å². The molecule has 0 unspecified atom stereocenters. The second kappa shape index (κ2) is 10.5. The van der Waals surface area contributed by atoms with Crippen LogP contribution in [0.1, 0.15) is 25.0 Å². The highest BCUT2D eigenvalue weighted by atomic mass is 32.1. The van der Waals surface area contributed by atoms with Crippen molar-refractivity contribution in [1.29, 1.82) is 0 Å². The summed E-state index contributed by atoms with van der Waals surface area (Å²) >= 11 is 1.81. The van der Waals surface area contributed by atoms with Crippen molar-refractivity contribution in [3.05, 3.63) is 151 Å². The Balaban J connectivity index is 1.15. The number of rotatable bonds is 4. The average Bonchev–Trinajstić information content (AvgIpc) is 3.82. The molecule has 0 saturated carbocycles. The smallest absolute Gasteiger partial charge is 0.164 e. The van der Waals surface area contributed by atoms with Gasteiger partial charge in [0.2, 0.25) is 0 Å². The largest absolute Gasteiger partial charge is 0.456 e. The van der Waals surface area contributed by atoms with E-state index in [1.807, 2.05) is 29.5 Å². The molecule has 0 aliphatic heterocycles. The number of hydrogen-bond acceptors (Lipinski definition) is 5.